The molecule has 3 aromatic rings. The molecule has 9 heteroatoms. The summed E-state index contributed by atoms with van der Waals surface area (Å²) in [7, 11) is 0. The molecule has 2 aliphatic rings. The minimum Gasteiger partial charge on any atom is -0.461 e. The molecule has 0 unspecified atom stereocenters. The Morgan fingerprint density at radius 2 is 1.81 bits per heavy atom. The van der Waals surface area contributed by atoms with Crippen molar-refractivity contribution in [2.24, 2.45) is 22.6 Å². The van der Waals surface area contributed by atoms with Crippen LogP contribution in [0, 0.1) is 5.41 Å². The number of hydrogen-bond acceptors (Lipinski definition) is 7. The van der Waals surface area contributed by atoms with E-state index in [0.29, 0.717) is 43.5 Å². The van der Waals surface area contributed by atoms with Crippen LogP contribution in [0.2, 0.25) is 0 Å². The molecule has 42 heavy (non-hydrogen) atoms. The highest BCUT2D eigenvalue weighted by Crippen LogP contribution is 2.43. The first-order valence-corrected chi connectivity index (χ1v) is 15.1. The molecular weight excluding hydrogens is 530 g/mol. The van der Waals surface area contributed by atoms with E-state index in [-0.39, 0.29) is 29.4 Å². The molecule has 5 rings (SSSR count). The maximum Gasteiger partial charge on any atom is 0.323 e. The first kappa shape index (κ1) is 29.8. The number of nitrogens with two attached hydrogens (primary N) is 3. The summed E-state index contributed by atoms with van der Waals surface area (Å²) in [5.41, 5.74) is 22.1. The molecule has 0 spiro atoms. The summed E-state index contributed by atoms with van der Waals surface area (Å²) in [5.74, 6) is -0.753. The molecule has 1 aliphatic carbocycles. The van der Waals surface area contributed by atoms with E-state index in [1.165, 1.54) is 0 Å². The maximum absolute atomic E-state index is 13.3. The van der Waals surface area contributed by atoms with E-state index in [1.54, 1.807) is 6.07 Å². The molecule has 2 aromatic carbocycles. The van der Waals surface area contributed by atoms with Crippen molar-refractivity contribution in [1.29, 1.82) is 0 Å². The van der Waals surface area contributed by atoms with Crippen molar-refractivity contribution < 1.29 is 19.1 Å². The fourth-order valence-corrected chi connectivity index (χ4v) is 6.53. The highest BCUT2D eigenvalue weighted by Gasteiger charge is 2.35. The largest absolute Gasteiger partial charge is 0.461 e. The van der Waals surface area contributed by atoms with Gasteiger partial charge in [-0.2, -0.15) is 0 Å². The topological polar surface area (TPSA) is 155 Å². The molecule has 1 amide bonds. The maximum atomic E-state index is 13.3. The number of carbonyl (C=O) groups is 3. The van der Waals surface area contributed by atoms with Gasteiger partial charge in [0.25, 0.3) is 5.91 Å². The number of benzene rings is 2. The smallest absolute Gasteiger partial charge is 0.323 e. The molecule has 0 bridgehead atoms. The van der Waals surface area contributed by atoms with Crippen molar-refractivity contribution in [3.63, 3.8) is 0 Å². The molecular formula is C33H43N5O4. The van der Waals surface area contributed by atoms with E-state index in [1.807, 2.05) is 34.9 Å². The van der Waals surface area contributed by atoms with Crippen LogP contribution in [0.4, 0.5) is 5.69 Å². The number of primary amides is 1. The lowest BCUT2D eigenvalue weighted by Crippen LogP contribution is -2.37. The van der Waals surface area contributed by atoms with Crippen LogP contribution in [0.1, 0.15) is 86.1 Å². The van der Waals surface area contributed by atoms with Gasteiger partial charge in [0.15, 0.2) is 0 Å². The molecule has 0 saturated heterocycles. The van der Waals surface area contributed by atoms with Gasteiger partial charge in [-0.3, -0.25) is 19.0 Å². The molecule has 1 aliphatic heterocycles. The van der Waals surface area contributed by atoms with Gasteiger partial charge < -0.3 is 27.3 Å². The van der Waals surface area contributed by atoms with E-state index < -0.39 is 11.9 Å². The Morgan fingerprint density at radius 3 is 2.52 bits per heavy atom. The van der Waals surface area contributed by atoms with Gasteiger partial charge in [-0.05, 0) is 80.7 Å². The number of anilines is 1. The monoisotopic (exact) mass is 573 g/mol. The number of nitrogens with zero attached hydrogens (tertiary/aromatic N) is 1. The van der Waals surface area contributed by atoms with E-state index in [0.717, 1.165) is 59.8 Å². The zero-order valence-electron chi connectivity index (χ0n) is 24.7. The summed E-state index contributed by atoms with van der Waals surface area (Å²) in [5, 5.41) is 4.58. The number of rotatable bonds is 10. The third-order valence-corrected chi connectivity index (χ3v) is 8.66. The second-order valence-electron chi connectivity index (χ2n) is 12.7. The Balaban J connectivity index is 1.36. The van der Waals surface area contributed by atoms with Gasteiger partial charge in [0.2, 0.25) is 5.91 Å². The van der Waals surface area contributed by atoms with Crippen LogP contribution in [-0.4, -0.2) is 47.1 Å². The standard InChI is InChI=1S/C33H43N5O4/c1-33(2)18-28-30(24-7-3-4-9-27(24)38(28)29(39)19-33)20-10-15-23(31(36)40)26(17-20)37-21-11-13-22(14-12-21)42-32(41)25(35)8-5-6-16-34/h3-4,7,9-10,15,17,21-22,25,37H,5-6,8,11-14,16,18-19,34-35H2,1-2H3,(H2,36,40)/t21-,22-,25-/m0/s1. The van der Waals surface area contributed by atoms with Crippen LogP contribution >= 0.6 is 0 Å². The van der Waals surface area contributed by atoms with Crippen molar-refractivity contribution in [2.45, 2.75) is 89.8 Å². The molecule has 7 N–H and O–H groups in total. The van der Waals surface area contributed by atoms with Crippen LogP contribution in [0.3, 0.4) is 0 Å². The molecule has 2 heterocycles. The van der Waals surface area contributed by atoms with Gasteiger partial charge in [-0.1, -0.05) is 44.5 Å². The average molecular weight is 574 g/mol. The van der Waals surface area contributed by atoms with E-state index in [2.05, 4.69) is 25.2 Å². The third kappa shape index (κ3) is 6.22. The van der Waals surface area contributed by atoms with Crippen LogP contribution in [0.5, 0.6) is 0 Å². The van der Waals surface area contributed by atoms with Crippen molar-refractivity contribution in [3.05, 3.63) is 53.7 Å². The normalized spacial score (nSPS) is 20.6. The SMILES string of the molecule is CC1(C)CC(=O)n2c(c(-c3ccc(C(N)=O)c(N[C@H]4CC[C@H](OC(=O)[C@@H](N)CCCCN)CC4)c3)c3ccccc32)C1. The third-order valence-electron chi connectivity index (χ3n) is 8.66. The van der Waals surface area contributed by atoms with Gasteiger partial charge in [0.05, 0.1) is 11.1 Å². The van der Waals surface area contributed by atoms with E-state index in [9.17, 15) is 14.4 Å². The average Bonchev–Trinajstić information content (AvgIpc) is 3.27. The van der Waals surface area contributed by atoms with Gasteiger partial charge >= 0.3 is 5.97 Å². The summed E-state index contributed by atoms with van der Waals surface area (Å²) in [6.07, 6.45) is 6.27. The molecule has 224 valence electrons. The fraction of sp³-hybridized carbons (Fsp3) is 0.485. The van der Waals surface area contributed by atoms with E-state index >= 15 is 0 Å². The number of unbranched alkanes of at least 4 members (excludes halogenated alkanes) is 1. The predicted octanol–water partition coefficient (Wildman–Crippen LogP) is 4.74. The second kappa shape index (κ2) is 12.3. The van der Waals surface area contributed by atoms with Crippen molar-refractivity contribution in [3.8, 4) is 11.1 Å². The minimum absolute atomic E-state index is 0.0896. The fourth-order valence-electron chi connectivity index (χ4n) is 6.53. The Bertz CT molecular complexity index is 1490. The zero-order valence-corrected chi connectivity index (χ0v) is 24.7. The number of nitrogens with one attached hydrogen (secondary N) is 1. The first-order chi connectivity index (χ1) is 20.1. The van der Waals surface area contributed by atoms with Crippen molar-refractivity contribution in [1.82, 2.24) is 4.57 Å². The number of fused-ring (bicyclic) bond motifs is 3. The van der Waals surface area contributed by atoms with Crippen LogP contribution in [-0.2, 0) is 16.0 Å². The Morgan fingerprint density at radius 1 is 1.07 bits per heavy atom. The van der Waals surface area contributed by atoms with Gasteiger partial charge in [-0.15, -0.1) is 0 Å². The summed E-state index contributed by atoms with van der Waals surface area (Å²) in [6.45, 7) is 4.84. The lowest BCUT2D eigenvalue weighted by molar-refractivity contribution is -0.152. The number of ether oxygens (including phenoxy) is 1. The van der Waals surface area contributed by atoms with Gasteiger partial charge in [-0.25, -0.2) is 0 Å². The van der Waals surface area contributed by atoms with Crippen LogP contribution in [0.25, 0.3) is 22.0 Å². The highest BCUT2D eigenvalue weighted by molar-refractivity contribution is 6.06. The zero-order chi connectivity index (χ0) is 30.0. The number of para-hydroxylation sites is 1. The van der Waals surface area contributed by atoms with Gasteiger partial charge in [0.1, 0.15) is 12.1 Å². The first-order valence-electron chi connectivity index (χ1n) is 15.1. The summed E-state index contributed by atoms with van der Waals surface area (Å²) < 4.78 is 7.58. The van der Waals surface area contributed by atoms with E-state index in [4.69, 9.17) is 21.9 Å². The minimum atomic E-state index is -0.620. The number of hydrogen-bond donors (Lipinski definition) is 4. The highest BCUT2D eigenvalue weighted by atomic mass is 16.5. The predicted molar refractivity (Wildman–Crippen MR) is 165 cm³/mol. The number of carbonyl (C=O) groups excluding carboxylic acids is 3. The second-order valence-corrected chi connectivity index (χ2v) is 12.7. The summed E-state index contributed by atoms with van der Waals surface area (Å²) in [4.78, 5) is 38.1. The van der Waals surface area contributed by atoms with Crippen molar-refractivity contribution >= 4 is 34.4 Å². The summed E-state index contributed by atoms with van der Waals surface area (Å²) >= 11 is 0. The number of aromatic nitrogens is 1. The Kier molecular flexibility index (Phi) is 8.70. The molecule has 9 nitrogen and oxygen atoms in total. The lowest BCUT2D eigenvalue weighted by atomic mass is 9.80. The molecule has 1 atom stereocenters. The number of esters is 1. The summed E-state index contributed by atoms with van der Waals surface area (Å²) in [6, 6.07) is 13.1. The molecule has 1 fully saturated rings. The van der Waals surface area contributed by atoms with Crippen molar-refractivity contribution in [2.75, 3.05) is 11.9 Å². The molecule has 1 saturated carbocycles. The quantitative estimate of drug-likeness (QED) is 0.202. The van der Waals surface area contributed by atoms with Crippen LogP contribution < -0.4 is 22.5 Å². The Hall–Kier alpha value is -3.69. The molecule has 0 radical (unpaired) electrons. The van der Waals surface area contributed by atoms with Gasteiger partial charge in [0, 0.05) is 34.8 Å². The Labute approximate surface area is 247 Å². The molecule has 1 aromatic heterocycles. The lowest BCUT2D eigenvalue weighted by Gasteiger charge is -2.31. The van der Waals surface area contributed by atoms with Crippen LogP contribution in [0.15, 0.2) is 42.5 Å². The number of amides is 1.